The molecule has 1 rings (SSSR count). The summed E-state index contributed by atoms with van der Waals surface area (Å²) >= 11 is 0. The van der Waals surface area contributed by atoms with Gasteiger partial charge in [0.1, 0.15) is 6.20 Å². The van der Waals surface area contributed by atoms with E-state index in [1.807, 2.05) is 0 Å². The standard InChI is InChI=1S/C8H9N2O2/c1-2-10(12)8(11)7-4-3-5-9-6-7/h3-5,12H,2H2,1H3. The zero-order valence-corrected chi connectivity index (χ0v) is 6.69. The van der Waals surface area contributed by atoms with Crippen LogP contribution in [0.3, 0.4) is 0 Å². The molecule has 0 fully saturated rings. The molecule has 1 amide bonds. The van der Waals surface area contributed by atoms with Gasteiger partial charge in [0.25, 0.3) is 5.91 Å². The number of carbonyl (C=O) groups is 1. The van der Waals surface area contributed by atoms with E-state index in [-0.39, 0.29) is 12.1 Å². The summed E-state index contributed by atoms with van der Waals surface area (Å²) in [5, 5.41) is 9.63. The minimum absolute atomic E-state index is 0.252. The molecule has 0 bridgehead atoms. The number of nitrogens with zero attached hydrogens (tertiary/aromatic N) is 2. The first-order valence-corrected chi connectivity index (χ1v) is 3.59. The van der Waals surface area contributed by atoms with Gasteiger partial charge in [-0.15, -0.1) is 0 Å². The fraction of sp³-hybridized carbons (Fsp3) is 0.250. The van der Waals surface area contributed by atoms with E-state index >= 15 is 0 Å². The molecule has 4 heteroatoms. The van der Waals surface area contributed by atoms with Crippen LogP contribution in [0.2, 0.25) is 0 Å². The quantitative estimate of drug-likeness (QED) is 0.519. The third-order valence-electron chi connectivity index (χ3n) is 1.37. The van der Waals surface area contributed by atoms with E-state index in [1.54, 1.807) is 19.1 Å². The highest BCUT2D eigenvalue weighted by molar-refractivity contribution is 5.92. The molecule has 0 spiro atoms. The van der Waals surface area contributed by atoms with Gasteiger partial charge in [-0.2, -0.15) is 0 Å². The van der Waals surface area contributed by atoms with Crippen molar-refractivity contribution >= 4 is 5.91 Å². The molecular formula is C8H9N2O2. The Kier molecular flexibility index (Phi) is 2.76. The maximum absolute atomic E-state index is 11.2. The van der Waals surface area contributed by atoms with Crippen molar-refractivity contribution in [1.29, 1.82) is 0 Å². The second-order valence-electron chi connectivity index (χ2n) is 2.18. The number of hydroxylamine groups is 2. The van der Waals surface area contributed by atoms with Gasteiger partial charge in [0, 0.05) is 12.7 Å². The lowest BCUT2D eigenvalue weighted by Crippen LogP contribution is -2.27. The van der Waals surface area contributed by atoms with Crippen molar-refractivity contribution in [1.82, 2.24) is 10.0 Å². The molecule has 0 atom stereocenters. The van der Waals surface area contributed by atoms with Crippen molar-refractivity contribution in [2.75, 3.05) is 6.54 Å². The van der Waals surface area contributed by atoms with E-state index in [4.69, 9.17) is 5.21 Å². The third-order valence-corrected chi connectivity index (χ3v) is 1.37. The molecule has 0 saturated carbocycles. The molecule has 0 aliphatic heterocycles. The van der Waals surface area contributed by atoms with E-state index in [9.17, 15) is 4.79 Å². The zero-order valence-electron chi connectivity index (χ0n) is 6.69. The molecule has 1 heterocycles. The van der Waals surface area contributed by atoms with Crippen LogP contribution in [0.25, 0.3) is 0 Å². The number of hydrogen-bond acceptors (Lipinski definition) is 3. The molecule has 1 aromatic heterocycles. The van der Waals surface area contributed by atoms with Crippen LogP contribution in [0.15, 0.2) is 18.3 Å². The van der Waals surface area contributed by atoms with Crippen LogP contribution in [0.4, 0.5) is 0 Å². The summed E-state index contributed by atoms with van der Waals surface area (Å²) in [5.74, 6) is -0.481. The molecule has 0 aliphatic carbocycles. The largest absolute Gasteiger partial charge is 0.286 e. The van der Waals surface area contributed by atoms with Gasteiger partial charge in [0.2, 0.25) is 0 Å². The van der Waals surface area contributed by atoms with E-state index in [0.29, 0.717) is 5.06 Å². The monoisotopic (exact) mass is 165 g/mol. The number of pyridine rings is 1. The summed E-state index contributed by atoms with van der Waals surface area (Å²) in [6, 6.07) is 3.17. The highest BCUT2D eigenvalue weighted by Gasteiger charge is 2.10. The molecule has 12 heavy (non-hydrogen) atoms. The lowest BCUT2D eigenvalue weighted by molar-refractivity contribution is -0.0542. The maximum atomic E-state index is 11.2. The molecule has 63 valence electrons. The van der Waals surface area contributed by atoms with Crippen molar-refractivity contribution in [3.8, 4) is 0 Å². The van der Waals surface area contributed by atoms with Gasteiger partial charge in [-0.05, 0) is 19.1 Å². The summed E-state index contributed by atoms with van der Waals surface area (Å²) in [5.41, 5.74) is 0.266. The Balaban J connectivity index is 2.79. The Morgan fingerprint density at radius 1 is 1.83 bits per heavy atom. The Morgan fingerprint density at radius 3 is 3.08 bits per heavy atom. The lowest BCUT2D eigenvalue weighted by atomic mass is 10.3. The van der Waals surface area contributed by atoms with Crippen LogP contribution in [-0.4, -0.2) is 27.7 Å². The number of rotatable bonds is 2. The van der Waals surface area contributed by atoms with Crippen molar-refractivity contribution in [2.24, 2.45) is 0 Å². The predicted octanol–water partition coefficient (Wildman–Crippen LogP) is 0.733. The fourth-order valence-electron chi connectivity index (χ4n) is 0.728. The second kappa shape index (κ2) is 3.82. The van der Waals surface area contributed by atoms with Crippen molar-refractivity contribution in [3.05, 3.63) is 30.1 Å². The first-order valence-electron chi connectivity index (χ1n) is 3.59. The molecule has 1 aromatic rings. The van der Waals surface area contributed by atoms with Gasteiger partial charge in [0.05, 0.1) is 5.56 Å². The number of aromatic nitrogens is 1. The first-order chi connectivity index (χ1) is 5.75. The third kappa shape index (κ3) is 1.79. The van der Waals surface area contributed by atoms with Gasteiger partial charge in [-0.25, -0.2) is 5.06 Å². The molecule has 0 aliphatic rings. The molecule has 1 radical (unpaired) electrons. The van der Waals surface area contributed by atoms with Crippen molar-refractivity contribution in [2.45, 2.75) is 6.92 Å². The van der Waals surface area contributed by atoms with Crippen LogP contribution >= 0.6 is 0 Å². The van der Waals surface area contributed by atoms with Crippen LogP contribution in [0.1, 0.15) is 17.3 Å². The first kappa shape index (κ1) is 8.67. The molecular weight excluding hydrogens is 156 g/mol. The Labute approximate surface area is 70.4 Å². The van der Waals surface area contributed by atoms with Gasteiger partial charge in [0.15, 0.2) is 0 Å². The van der Waals surface area contributed by atoms with Gasteiger partial charge < -0.3 is 0 Å². The van der Waals surface area contributed by atoms with E-state index in [0.717, 1.165) is 0 Å². The minimum Gasteiger partial charge on any atom is -0.286 e. The van der Waals surface area contributed by atoms with E-state index in [1.165, 1.54) is 6.20 Å². The van der Waals surface area contributed by atoms with E-state index in [2.05, 4.69) is 11.2 Å². The Hall–Kier alpha value is -1.42. The Morgan fingerprint density at radius 2 is 2.58 bits per heavy atom. The zero-order chi connectivity index (χ0) is 8.97. The average Bonchev–Trinajstić information content (AvgIpc) is 2.17. The predicted molar refractivity (Wildman–Crippen MR) is 41.6 cm³/mol. The van der Waals surface area contributed by atoms with E-state index < -0.39 is 5.91 Å². The fourth-order valence-corrected chi connectivity index (χ4v) is 0.728. The van der Waals surface area contributed by atoms with Crippen molar-refractivity contribution < 1.29 is 10.0 Å². The van der Waals surface area contributed by atoms with Crippen LogP contribution < -0.4 is 0 Å². The molecule has 1 N–H and O–H groups in total. The summed E-state index contributed by atoms with van der Waals surface area (Å²) in [6.45, 7) is 1.93. The molecule has 0 aromatic carbocycles. The van der Waals surface area contributed by atoms with Crippen molar-refractivity contribution in [3.63, 3.8) is 0 Å². The summed E-state index contributed by atoms with van der Waals surface area (Å²) in [6.07, 6.45) is 4.00. The van der Waals surface area contributed by atoms with Crippen LogP contribution in [0.5, 0.6) is 0 Å². The smallest absolute Gasteiger partial charge is 0.279 e. The van der Waals surface area contributed by atoms with Crippen LogP contribution in [0, 0.1) is 6.20 Å². The summed E-state index contributed by atoms with van der Waals surface area (Å²) < 4.78 is 0. The van der Waals surface area contributed by atoms with Gasteiger partial charge >= 0.3 is 0 Å². The normalized spacial score (nSPS) is 9.50. The average molecular weight is 165 g/mol. The maximum Gasteiger partial charge on any atom is 0.279 e. The number of carbonyl (C=O) groups excluding carboxylic acids is 1. The summed E-state index contributed by atoms with van der Waals surface area (Å²) in [4.78, 5) is 14.8. The molecule has 4 nitrogen and oxygen atoms in total. The van der Waals surface area contributed by atoms with Gasteiger partial charge in [-0.1, -0.05) is 0 Å². The minimum atomic E-state index is -0.481. The topological polar surface area (TPSA) is 53.4 Å². The SMILES string of the molecule is CCN(O)C(=O)c1[c]nccc1. The highest BCUT2D eigenvalue weighted by Crippen LogP contribution is 1.98. The Bertz CT molecular complexity index is 261. The number of hydrogen-bond donors (Lipinski definition) is 1. The van der Waals surface area contributed by atoms with Gasteiger partial charge in [-0.3, -0.25) is 15.0 Å². The lowest BCUT2D eigenvalue weighted by Gasteiger charge is -2.10. The van der Waals surface area contributed by atoms with Crippen LogP contribution in [-0.2, 0) is 0 Å². The molecule has 0 saturated heterocycles. The summed E-state index contributed by atoms with van der Waals surface area (Å²) in [7, 11) is 0. The highest BCUT2D eigenvalue weighted by atomic mass is 16.5. The molecule has 0 unspecified atom stereocenters. The number of amides is 1. The second-order valence-corrected chi connectivity index (χ2v) is 2.18.